The zero-order chi connectivity index (χ0) is 25.3. The van der Waals surface area contributed by atoms with Crippen LogP contribution in [0.2, 0.25) is 0 Å². The van der Waals surface area contributed by atoms with E-state index in [9.17, 15) is 14.9 Å². The Bertz CT molecular complexity index is 1330. The van der Waals surface area contributed by atoms with Gasteiger partial charge in [0.25, 0.3) is 5.91 Å². The molecule has 0 saturated heterocycles. The number of nitrogens with zero attached hydrogens (tertiary/aromatic N) is 4. The zero-order valence-corrected chi connectivity index (χ0v) is 20.6. The van der Waals surface area contributed by atoms with Crippen molar-refractivity contribution < 1.29 is 14.3 Å². The van der Waals surface area contributed by atoms with E-state index < -0.39 is 0 Å². The van der Waals surface area contributed by atoms with Crippen molar-refractivity contribution in [2.45, 2.75) is 44.4 Å². The highest BCUT2D eigenvalue weighted by atomic mass is 16.5. The Kier molecular flexibility index (Phi) is 6.23. The summed E-state index contributed by atoms with van der Waals surface area (Å²) in [4.78, 5) is 27.0. The average molecular weight is 484 g/mol. The number of anilines is 1. The lowest BCUT2D eigenvalue weighted by molar-refractivity contribution is -0.120. The van der Waals surface area contributed by atoms with Crippen molar-refractivity contribution in [2.24, 2.45) is 0 Å². The van der Waals surface area contributed by atoms with E-state index >= 15 is 0 Å². The molecule has 0 unspecified atom stereocenters. The van der Waals surface area contributed by atoms with E-state index in [1.807, 2.05) is 31.2 Å². The highest BCUT2D eigenvalue weighted by Crippen LogP contribution is 2.51. The van der Waals surface area contributed by atoms with Crippen molar-refractivity contribution in [1.82, 2.24) is 15.1 Å². The van der Waals surface area contributed by atoms with Gasteiger partial charge in [-0.15, -0.1) is 0 Å². The molecule has 0 bridgehead atoms. The van der Waals surface area contributed by atoms with Crippen LogP contribution in [-0.2, 0) is 16.6 Å². The van der Waals surface area contributed by atoms with Gasteiger partial charge in [-0.25, -0.2) is 4.68 Å². The smallest absolute Gasteiger partial charge is 0.277 e. The van der Waals surface area contributed by atoms with Crippen LogP contribution in [0.1, 0.15) is 59.9 Å². The van der Waals surface area contributed by atoms with E-state index in [1.54, 1.807) is 28.8 Å². The van der Waals surface area contributed by atoms with Crippen molar-refractivity contribution in [1.29, 1.82) is 5.26 Å². The second-order valence-electron chi connectivity index (χ2n) is 9.38. The number of nitriles is 1. The summed E-state index contributed by atoms with van der Waals surface area (Å²) in [6, 6.07) is 17.6. The minimum absolute atomic E-state index is 0.0811. The third-order valence-electron chi connectivity index (χ3n) is 7.33. The number of rotatable bonds is 8. The van der Waals surface area contributed by atoms with Gasteiger partial charge in [-0.3, -0.25) is 9.59 Å². The molecular weight excluding hydrogens is 454 g/mol. The summed E-state index contributed by atoms with van der Waals surface area (Å²) >= 11 is 0. The Morgan fingerprint density at radius 1 is 1.14 bits per heavy atom. The zero-order valence-electron chi connectivity index (χ0n) is 20.6. The van der Waals surface area contributed by atoms with E-state index in [1.165, 1.54) is 5.56 Å². The molecule has 2 aliphatic rings. The average Bonchev–Trinajstić information content (AvgIpc) is 3.61. The fraction of sp³-hybridized carbons (Fsp3) is 0.357. The van der Waals surface area contributed by atoms with Gasteiger partial charge < -0.3 is 15.0 Å². The molecule has 184 valence electrons. The van der Waals surface area contributed by atoms with Gasteiger partial charge >= 0.3 is 0 Å². The van der Waals surface area contributed by atoms with Crippen molar-refractivity contribution >= 4 is 17.5 Å². The summed E-state index contributed by atoms with van der Waals surface area (Å²) in [5.41, 5.74) is 4.30. The molecule has 0 radical (unpaired) electrons. The minimum Gasteiger partial charge on any atom is -0.497 e. The second-order valence-corrected chi connectivity index (χ2v) is 9.38. The van der Waals surface area contributed by atoms with Gasteiger partial charge in [-0.2, -0.15) is 10.4 Å². The molecule has 3 aromatic rings. The molecule has 36 heavy (non-hydrogen) atoms. The van der Waals surface area contributed by atoms with E-state index in [4.69, 9.17) is 4.74 Å². The first kappa shape index (κ1) is 23.6. The lowest BCUT2D eigenvalue weighted by Crippen LogP contribution is -2.38. The SMILES string of the molecule is CCC(=O)NCCC1(c2ccc(N3CCc4c(C#N)nn(-c5ccc(OC)cc5)c4C3=O)cc2)CC1. The first-order valence-corrected chi connectivity index (χ1v) is 12.3. The van der Waals surface area contributed by atoms with Crippen LogP contribution in [0.25, 0.3) is 5.69 Å². The van der Waals surface area contributed by atoms with Crippen LogP contribution < -0.4 is 15.0 Å². The van der Waals surface area contributed by atoms with Crippen molar-refractivity contribution in [2.75, 3.05) is 25.1 Å². The number of nitrogens with one attached hydrogen (secondary N) is 1. The maximum absolute atomic E-state index is 13.7. The van der Waals surface area contributed by atoms with Crippen molar-refractivity contribution in [3.05, 3.63) is 71.0 Å². The number of carbonyl (C=O) groups excluding carboxylic acids is 2. The van der Waals surface area contributed by atoms with Crippen LogP contribution >= 0.6 is 0 Å². The molecule has 2 amide bonds. The molecule has 8 heteroatoms. The number of fused-ring (bicyclic) bond motifs is 1. The Hall–Kier alpha value is -4.12. The third-order valence-corrected chi connectivity index (χ3v) is 7.33. The molecule has 2 heterocycles. The number of ether oxygens (including phenoxy) is 1. The fourth-order valence-electron chi connectivity index (χ4n) is 5.00. The van der Waals surface area contributed by atoms with E-state index in [0.29, 0.717) is 48.6 Å². The molecule has 1 saturated carbocycles. The Balaban J connectivity index is 1.38. The van der Waals surface area contributed by atoms with Crippen molar-refractivity contribution in [3.63, 3.8) is 0 Å². The van der Waals surface area contributed by atoms with Crippen LogP contribution in [0, 0.1) is 11.3 Å². The summed E-state index contributed by atoms with van der Waals surface area (Å²) in [5.74, 6) is 0.615. The van der Waals surface area contributed by atoms with Gasteiger partial charge in [0.05, 0.1) is 12.8 Å². The molecule has 1 aliphatic carbocycles. The number of aromatic nitrogens is 2. The molecule has 1 fully saturated rings. The standard InChI is InChI=1S/C28H29N5O3/c1-3-25(34)30-16-15-28(13-14-28)19-4-6-20(7-5-19)32-17-12-23-24(18-29)31-33(26(23)27(32)35)21-8-10-22(36-2)11-9-21/h4-11H,3,12-17H2,1-2H3,(H,30,34). The number of amides is 2. The normalized spacial score (nSPS) is 15.7. The molecule has 1 aromatic heterocycles. The predicted octanol–water partition coefficient (Wildman–Crippen LogP) is 3.90. The monoisotopic (exact) mass is 483 g/mol. The molecule has 2 aromatic carbocycles. The molecule has 0 atom stereocenters. The summed E-state index contributed by atoms with van der Waals surface area (Å²) in [5, 5.41) is 17.1. The maximum atomic E-state index is 13.7. The second kappa shape index (κ2) is 9.50. The highest BCUT2D eigenvalue weighted by molar-refractivity contribution is 6.07. The van der Waals surface area contributed by atoms with E-state index in [-0.39, 0.29) is 22.9 Å². The van der Waals surface area contributed by atoms with Crippen LogP contribution in [0.5, 0.6) is 5.75 Å². The fourth-order valence-corrected chi connectivity index (χ4v) is 5.00. The van der Waals surface area contributed by atoms with Gasteiger partial charge in [0.1, 0.15) is 17.5 Å². The number of hydrogen-bond acceptors (Lipinski definition) is 5. The lowest BCUT2D eigenvalue weighted by Gasteiger charge is -2.28. The third kappa shape index (κ3) is 4.22. The summed E-state index contributed by atoms with van der Waals surface area (Å²) in [7, 11) is 1.60. The first-order chi connectivity index (χ1) is 17.5. The van der Waals surface area contributed by atoms with Gasteiger partial charge in [-0.1, -0.05) is 19.1 Å². The van der Waals surface area contributed by atoms with Gasteiger partial charge in [0.2, 0.25) is 5.91 Å². The Morgan fingerprint density at radius 3 is 2.44 bits per heavy atom. The number of methoxy groups -OCH3 is 1. The number of benzene rings is 2. The Morgan fingerprint density at radius 2 is 1.83 bits per heavy atom. The first-order valence-electron chi connectivity index (χ1n) is 12.3. The molecule has 1 aliphatic heterocycles. The predicted molar refractivity (Wildman–Crippen MR) is 135 cm³/mol. The minimum atomic E-state index is -0.169. The van der Waals surface area contributed by atoms with Crippen LogP contribution in [0.15, 0.2) is 48.5 Å². The number of carbonyl (C=O) groups is 2. The molecule has 5 rings (SSSR count). The molecule has 0 spiro atoms. The van der Waals surface area contributed by atoms with Gasteiger partial charge in [0.15, 0.2) is 5.69 Å². The number of hydrogen-bond donors (Lipinski definition) is 1. The van der Waals surface area contributed by atoms with Gasteiger partial charge in [-0.05, 0) is 73.1 Å². The van der Waals surface area contributed by atoms with Gasteiger partial charge in [0, 0.05) is 30.8 Å². The molecule has 8 nitrogen and oxygen atoms in total. The Labute approximate surface area is 210 Å². The largest absolute Gasteiger partial charge is 0.497 e. The van der Waals surface area contributed by atoms with Crippen LogP contribution in [0.4, 0.5) is 5.69 Å². The van der Waals surface area contributed by atoms with Crippen LogP contribution in [0.3, 0.4) is 0 Å². The van der Waals surface area contributed by atoms with Crippen molar-refractivity contribution in [3.8, 4) is 17.5 Å². The topological polar surface area (TPSA) is 100 Å². The quantitative estimate of drug-likeness (QED) is 0.524. The summed E-state index contributed by atoms with van der Waals surface area (Å²) in [6.45, 7) is 3.03. The van der Waals surface area contributed by atoms with Crippen LogP contribution in [-0.4, -0.2) is 41.8 Å². The molecule has 1 N–H and O–H groups in total. The lowest BCUT2D eigenvalue weighted by atomic mass is 9.92. The maximum Gasteiger partial charge on any atom is 0.277 e. The summed E-state index contributed by atoms with van der Waals surface area (Å²) in [6.07, 6.45) is 4.20. The highest BCUT2D eigenvalue weighted by Gasteiger charge is 2.43. The van der Waals surface area contributed by atoms with E-state index in [2.05, 4.69) is 28.6 Å². The molecular formula is C28H29N5O3. The van der Waals surface area contributed by atoms with E-state index in [0.717, 1.165) is 24.9 Å². The summed E-state index contributed by atoms with van der Waals surface area (Å²) < 4.78 is 6.81.